The molecule has 0 unspecified atom stereocenters. The zero-order chi connectivity index (χ0) is 18.1. The van der Waals surface area contributed by atoms with Crippen LogP contribution in [0.2, 0.25) is 0 Å². The second-order valence-electron chi connectivity index (χ2n) is 6.13. The zero-order valence-electron chi connectivity index (χ0n) is 15.4. The minimum absolute atomic E-state index is 0.135. The van der Waals surface area contributed by atoms with Crippen molar-refractivity contribution in [3.63, 3.8) is 0 Å². The number of hydrogen-bond donors (Lipinski definition) is 1. The third-order valence-corrected chi connectivity index (χ3v) is 4.25. The summed E-state index contributed by atoms with van der Waals surface area (Å²) < 4.78 is 11.9. The minimum atomic E-state index is -0.411. The van der Waals surface area contributed by atoms with Crippen molar-refractivity contribution in [1.82, 2.24) is 10.4 Å². The first-order valence-electron chi connectivity index (χ1n) is 9.25. The number of unbranched alkanes of at least 4 members (excludes halogenated alkanes) is 1. The number of carbonyl (C=O) groups is 1. The van der Waals surface area contributed by atoms with Crippen LogP contribution in [0.1, 0.15) is 58.3 Å². The summed E-state index contributed by atoms with van der Waals surface area (Å²) in [7, 11) is 0. The average Bonchev–Trinajstić information content (AvgIpc) is 2.59. The van der Waals surface area contributed by atoms with Gasteiger partial charge >= 0.3 is 6.03 Å². The van der Waals surface area contributed by atoms with E-state index in [0.717, 1.165) is 31.2 Å². The fourth-order valence-electron chi connectivity index (χ4n) is 2.85. The maximum absolute atomic E-state index is 12.4. The molecule has 6 heteroatoms. The van der Waals surface area contributed by atoms with E-state index in [4.69, 9.17) is 14.3 Å². The molecule has 2 rings (SSSR count). The number of rotatable bonds is 10. The standard InChI is InChI=1S/C19H30N2O4/c1-4-7-14-23-20-19(22)21(6-3)16(11-5-2)18-24-17(25-18)15-12-9-8-10-13-15/h8-10,12-13,16-18H,4-7,11,14H2,1-3H3,(H,20,22)/t16-,17?,18?/m0/s1. The molecule has 1 heterocycles. The van der Waals surface area contributed by atoms with E-state index in [1.807, 2.05) is 37.3 Å². The van der Waals surface area contributed by atoms with E-state index in [9.17, 15) is 4.79 Å². The van der Waals surface area contributed by atoms with E-state index in [1.165, 1.54) is 0 Å². The van der Waals surface area contributed by atoms with Gasteiger partial charge in [0.25, 0.3) is 0 Å². The highest BCUT2D eigenvalue weighted by molar-refractivity contribution is 5.73. The van der Waals surface area contributed by atoms with Gasteiger partial charge in [0.05, 0.1) is 12.6 Å². The molecule has 25 heavy (non-hydrogen) atoms. The lowest BCUT2D eigenvalue weighted by atomic mass is 10.1. The molecule has 0 spiro atoms. The van der Waals surface area contributed by atoms with Crippen LogP contribution in [0.25, 0.3) is 0 Å². The van der Waals surface area contributed by atoms with Crippen LogP contribution in [0, 0.1) is 0 Å². The predicted octanol–water partition coefficient (Wildman–Crippen LogP) is 3.99. The number of benzene rings is 1. The van der Waals surface area contributed by atoms with Gasteiger partial charge in [-0.2, -0.15) is 0 Å². The smallest absolute Gasteiger partial charge is 0.317 e. The number of nitrogens with one attached hydrogen (secondary N) is 1. The lowest BCUT2D eigenvalue weighted by molar-refractivity contribution is -0.403. The Morgan fingerprint density at radius 2 is 1.92 bits per heavy atom. The topological polar surface area (TPSA) is 60.0 Å². The van der Waals surface area contributed by atoms with Gasteiger partial charge in [-0.3, -0.25) is 4.84 Å². The Morgan fingerprint density at radius 3 is 2.52 bits per heavy atom. The molecular weight excluding hydrogens is 320 g/mol. The lowest BCUT2D eigenvalue weighted by Crippen LogP contribution is -2.56. The Bertz CT molecular complexity index is 505. The first-order chi connectivity index (χ1) is 12.2. The SMILES string of the molecule is CCCCONC(=O)N(CC)[C@@H](CCC)C1OC(c2ccccc2)O1. The van der Waals surface area contributed by atoms with Crippen molar-refractivity contribution in [3.8, 4) is 0 Å². The van der Waals surface area contributed by atoms with E-state index in [-0.39, 0.29) is 18.4 Å². The van der Waals surface area contributed by atoms with Crippen LogP contribution in [0.3, 0.4) is 0 Å². The van der Waals surface area contributed by atoms with Crippen molar-refractivity contribution in [1.29, 1.82) is 0 Å². The van der Waals surface area contributed by atoms with E-state index in [0.29, 0.717) is 13.2 Å². The normalized spacial score (nSPS) is 20.6. The lowest BCUT2D eigenvalue weighted by Gasteiger charge is -2.44. The maximum atomic E-state index is 12.4. The molecule has 0 saturated carbocycles. The number of amides is 2. The van der Waals surface area contributed by atoms with Gasteiger partial charge in [-0.15, -0.1) is 0 Å². The highest BCUT2D eigenvalue weighted by Crippen LogP contribution is 2.35. The molecule has 1 atom stereocenters. The molecule has 1 aliphatic rings. The number of nitrogens with zero attached hydrogens (tertiary/aromatic N) is 1. The van der Waals surface area contributed by atoms with Crippen LogP contribution in [0.4, 0.5) is 4.79 Å². The second-order valence-corrected chi connectivity index (χ2v) is 6.13. The predicted molar refractivity (Wildman–Crippen MR) is 95.6 cm³/mol. The summed E-state index contributed by atoms with van der Waals surface area (Å²) in [4.78, 5) is 19.4. The Morgan fingerprint density at radius 1 is 1.20 bits per heavy atom. The molecule has 1 aromatic carbocycles. The fourth-order valence-corrected chi connectivity index (χ4v) is 2.85. The fraction of sp³-hybridized carbons (Fsp3) is 0.632. The molecule has 0 bridgehead atoms. The number of likely N-dealkylation sites (N-methyl/N-ethyl adjacent to an activating group) is 1. The molecule has 1 aliphatic heterocycles. The van der Waals surface area contributed by atoms with Gasteiger partial charge < -0.3 is 14.4 Å². The molecule has 0 aromatic heterocycles. The van der Waals surface area contributed by atoms with Crippen molar-refractivity contribution in [2.75, 3.05) is 13.2 Å². The van der Waals surface area contributed by atoms with Crippen LogP contribution < -0.4 is 5.48 Å². The van der Waals surface area contributed by atoms with Gasteiger partial charge in [0.1, 0.15) is 0 Å². The maximum Gasteiger partial charge on any atom is 0.341 e. The summed E-state index contributed by atoms with van der Waals surface area (Å²) in [6, 6.07) is 9.44. The van der Waals surface area contributed by atoms with Crippen LogP contribution >= 0.6 is 0 Å². The third kappa shape index (κ3) is 5.42. The van der Waals surface area contributed by atoms with Crippen LogP contribution in [0.15, 0.2) is 30.3 Å². The van der Waals surface area contributed by atoms with Gasteiger partial charge in [0.15, 0.2) is 12.6 Å². The number of ether oxygens (including phenoxy) is 2. The molecule has 2 amide bonds. The molecule has 1 fully saturated rings. The molecule has 0 radical (unpaired) electrons. The number of urea groups is 1. The molecule has 6 nitrogen and oxygen atoms in total. The van der Waals surface area contributed by atoms with Crippen molar-refractivity contribution in [3.05, 3.63) is 35.9 Å². The minimum Gasteiger partial charge on any atom is -0.317 e. The van der Waals surface area contributed by atoms with Crippen molar-refractivity contribution >= 4 is 6.03 Å². The largest absolute Gasteiger partial charge is 0.341 e. The highest BCUT2D eigenvalue weighted by Gasteiger charge is 2.41. The first kappa shape index (κ1) is 19.7. The summed E-state index contributed by atoms with van der Waals surface area (Å²) in [5.41, 5.74) is 3.52. The Hall–Kier alpha value is -1.63. The summed E-state index contributed by atoms with van der Waals surface area (Å²) in [6.07, 6.45) is 2.92. The van der Waals surface area contributed by atoms with Crippen LogP contribution in [0.5, 0.6) is 0 Å². The first-order valence-corrected chi connectivity index (χ1v) is 9.25. The van der Waals surface area contributed by atoms with Crippen LogP contribution in [-0.2, 0) is 14.3 Å². The summed E-state index contributed by atoms with van der Waals surface area (Å²) in [5, 5.41) is 0. The summed E-state index contributed by atoms with van der Waals surface area (Å²) in [5.74, 6) is 0. The highest BCUT2D eigenvalue weighted by atomic mass is 16.9. The van der Waals surface area contributed by atoms with Crippen molar-refractivity contribution in [2.45, 2.75) is 65.1 Å². The van der Waals surface area contributed by atoms with E-state index < -0.39 is 6.29 Å². The van der Waals surface area contributed by atoms with Gasteiger partial charge in [0, 0.05) is 12.1 Å². The molecule has 0 aliphatic carbocycles. The Labute approximate surface area is 150 Å². The summed E-state index contributed by atoms with van der Waals surface area (Å²) in [6.45, 7) is 7.19. The number of hydroxylamine groups is 1. The van der Waals surface area contributed by atoms with Gasteiger partial charge in [-0.05, 0) is 19.8 Å². The van der Waals surface area contributed by atoms with Crippen molar-refractivity contribution in [2.24, 2.45) is 0 Å². The average molecular weight is 350 g/mol. The zero-order valence-corrected chi connectivity index (χ0v) is 15.4. The monoisotopic (exact) mass is 350 g/mol. The van der Waals surface area contributed by atoms with Crippen LogP contribution in [-0.4, -0.2) is 36.4 Å². The van der Waals surface area contributed by atoms with Gasteiger partial charge in [-0.1, -0.05) is 57.0 Å². The molecule has 140 valence electrons. The Balaban J connectivity index is 1.90. The number of hydrogen-bond acceptors (Lipinski definition) is 4. The van der Waals surface area contributed by atoms with Gasteiger partial charge in [0.2, 0.25) is 0 Å². The Kier molecular flexibility index (Phi) is 8.18. The quantitative estimate of drug-likeness (QED) is 0.512. The third-order valence-electron chi connectivity index (χ3n) is 4.25. The van der Waals surface area contributed by atoms with Gasteiger partial charge in [-0.25, -0.2) is 10.3 Å². The summed E-state index contributed by atoms with van der Waals surface area (Å²) >= 11 is 0. The molecule has 1 aromatic rings. The van der Waals surface area contributed by atoms with E-state index in [1.54, 1.807) is 4.90 Å². The molecule has 1 N–H and O–H groups in total. The second kappa shape index (κ2) is 10.4. The van der Waals surface area contributed by atoms with E-state index >= 15 is 0 Å². The number of carbonyl (C=O) groups excluding carboxylic acids is 1. The van der Waals surface area contributed by atoms with Crippen molar-refractivity contribution < 1.29 is 19.1 Å². The molecule has 1 saturated heterocycles. The van der Waals surface area contributed by atoms with E-state index in [2.05, 4.69) is 19.3 Å². The molecular formula is C19H30N2O4.